The summed E-state index contributed by atoms with van der Waals surface area (Å²) in [6, 6.07) is 8.89. The average Bonchev–Trinajstić information content (AvgIpc) is 2.92. The molecule has 3 rings (SSSR count). The van der Waals surface area contributed by atoms with Gasteiger partial charge in [-0.05, 0) is 23.1 Å². The minimum atomic E-state index is -4.67. The summed E-state index contributed by atoms with van der Waals surface area (Å²) in [4.78, 5) is 15.4. The monoisotopic (exact) mass is 324 g/mol. The number of rotatable bonds is 2. The maximum absolute atomic E-state index is 13.0. The van der Waals surface area contributed by atoms with E-state index >= 15 is 0 Å². The van der Waals surface area contributed by atoms with Crippen LogP contribution in [-0.2, 0) is 6.18 Å². The van der Waals surface area contributed by atoms with Crippen molar-refractivity contribution in [3.63, 3.8) is 0 Å². The molecule has 3 aromatic rings. The van der Waals surface area contributed by atoms with Gasteiger partial charge < -0.3 is 4.57 Å². The molecule has 22 heavy (non-hydrogen) atoms. The summed E-state index contributed by atoms with van der Waals surface area (Å²) in [5.41, 5.74) is -1.67. The number of alkyl halides is 3. The molecule has 0 amide bonds. The number of halogens is 4. The SMILES string of the molecule is O=C(Cl)c1cn(-c2nccc3ccccc23)cc1C(F)(F)F. The van der Waals surface area contributed by atoms with Crippen LogP contribution in [0.15, 0.2) is 48.9 Å². The van der Waals surface area contributed by atoms with Crippen molar-refractivity contribution < 1.29 is 18.0 Å². The van der Waals surface area contributed by atoms with Gasteiger partial charge in [0.05, 0.1) is 11.1 Å². The minimum Gasteiger partial charge on any atom is -0.307 e. The van der Waals surface area contributed by atoms with E-state index in [1.165, 1.54) is 10.8 Å². The van der Waals surface area contributed by atoms with Crippen LogP contribution in [0.2, 0.25) is 0 Å². The van der Waals surface area contributed by atoms with E-state index < -0.39 is 22.5 Å². The van der Waals surface area contributed by atoms with E-state index in [-0.39, 0.29) is 0 Å². The summed E-state index contributed by atoms with van der Waals surface area (Å²) in [6.07, 6.45) is -1.31. The van der Waals surface area contributed by atoms with E-state index in [4.69, 9.17) is 11.6 Å². The predicted molar refractivity (Wildman–Crippen MR) is 76.3 cm³/mol. The fourth-order valence-electron chi connectivity index (χ4n) is 2.27. The Kier molecular flexibility index (Phi) is 3.41. The van der Waals surface area contributed by atoms with Crippen molar-refractivity contribution in [2.75, 3.05) is 0 Å². The van der Waals surface area contributed by atoms with Crippen LogP contribution in [0.1, 0.15) is 15.9 Å². The van der Waals surface area contributed by atoms with Crippen molar-refractivity contribution in [2.24, 2.45) is 0 Å². The quantitative estimate of drug-likeness (QED) is 0.654. The first-order valence-corrected chi connectivity index (χ1v) is 6.59. The third kappa shape index (κ3) is 2.46. The number of nitrogens with zero attached hydrogens (tertiary/aromatic N) is 2. The molecule has 0 saturated heterocycles. The van der Waals surface area contributed by atoms with Crippen LogP contribution in [0.25, 0.3) is 16.6 Å². The fraction of sp³-hybridized carbons (Fsp3) is 0.0667. The van der Waals surface area contributed by atoms with Crippen LogP contribution in [0.4, 0.5) is 13.2 Å². The standard InChI is InChI=1S/C15H8ClF3N2O/c16-13(22)11-7-21(8-12(11)15(17,18)19)14-10-4-2-1-3-9(10)5-6-20-14/h1-8H. The molecular formula is C15H8ClF3N2O. The van der Waals surface area contributed by atoms with E-state index in [1.54, 1.807) is 18.2 Å². The molecule has 2 aromatic heterocycles. The second kappa shape index (κ2) is 5.14. The van der Waals surface area contributed by atoms with Crippen molar-refractivity contribution in [1.29, 1.82) is 0 Å². The van der Waals surface area contributed by atoms with Gasteiger partial charge >= 0.3 is 6.18 Å². The molecule has 7 heteroatoms. The van der Waals surface area contributed by atoms with Gasteiger partial charge in [-0.1, -0.05) is 24.3 Å². The second-order valence-corrected chi connectivity index (χ2v) is 4.96. The number of fused-ring (bicyclic) bond motifs is 1. The Balaban J connectivity index is 2.26. The Morgan fingerprint density at radius 2 is 1.86 bits per heavy atom. The third-order valence-corrected chi connectivity index (χ3v) is 3.44. The highest BCUT2D eigenvalue weighted by Gasteiger charge is 2.36. The highest BCUT2D eigenvalue weighted by atomic mass is 35.5. The van der Waals surface area contributed by atoms with Crippen LogP contribution < -0.4 is 0 Å². The number of benzene rings is 1. The Labute approximate surface area is 128 Å². The number of hydrogen-bond donors (Lipinski definition) is 0. The average molecular weight is 325 g/mol. The van der Waals surface area contributed by atoms with Gasteiger partial charge in [0.15, 0.2) is 0 Å². The van der Waals surface area contributed by atoms with Crippen molar-refractivity contribution in [2.45, 2.75) is 6.18 Å². The normalized spacial score (nSPS) is 11.8. The molecule has 0 fully saturated rings. The fourth-order valence-corrected chi connectivity index (χ4v) is 2.42. The lowest BCUT2D eigenvalue weighted by atomic mass is 10.1. The topological polar surface area (TPSA) is 34.9 Å². The van der Waals surface area contributed by atoms with E-state index in [1.807, 2.05) is 12.1 Å². The Bertz CT molecular complexity index is 865. The summed E-state index contributed by atoms with van der Waals surface area (Å²) < 4.78 is 40.2. The van der Waals surface area contributed by atoms with Gasteiger partial charge in [-0.15, -0.1) is 0 Å². The van der Waals surface area contributed by atoms with Crippen molar-refractivity contribution >= 4 is 27.6 Å². The highest BCUT2D eigenvalue weighted by molar-refractivity contribution is 6.67. The van der Waals surface area contributed by atoms with Crippen LogP contribution in [0.5, 0.6) is 0 Å². The van der Waals surface area contributed by atoms with Crippen LogP contribution in [0.3, 0.4) is 0 Å². The molecular weight excluding hydrogens is 317 g/mol. The Morgan fingerprint density at radius 3 is 2.50 bits per heavy atom. The summed E-state index contributed by atoms with van der Waals surface area (Å²) in [6.45, 7) is 0. The molecule has 3 nitrogen and oxygen atoms in total. The molecule has 0 saturated carbocycles. The smallest absolute Gasteiger partial charge is 0.307 e. The maximum Gasteiger partial charge on any atom is 0.418 e. The van der Waals surface area contributed by atoms with E-state index in [9.17, 15) is 18.0 Å². The van der Waals surface area contributed by atoms with Crippen LogP contribution >= 0.6 is 11.6 Å². The summed E-state index contributed by atoms with van der Waals surface area (Å²) in [7, 11) is 0. The van der Waals surface area contributed by atoms with Crippen molar-refractivity contribution in [3.05, 3.63) is 60.0 Å². The molecule has 0 bridgehead atoms. The molecule has 0 radical (unpaired) electrons. The third-order valence-electron chi connectivity index (χ3n) is 3.24. The first-order chi connectivity index (χ1) is 10.4. The molecule has 1 aromatic carbocycles. The Morgan fingerprint density at radius 1 is 1.14 bits per heavy atom. The van der Waals surface area contributed by atoms with Gasteiger partial charge in [-0.3, -0.25) is 4.79 Å². The van der Waals surface area contributed by atoms with Gasteiger partial charge in [0, 0.05) is 24.0 Å². The zero-order chi connectivity index (χ0) is 15.9. The molecule has 2 heterocycles. The highest BCUT2D eigenvalue weighted by Crippen LogP contribution is 2.34. The maximum atomic E-state index is 13.0. The van der Waals surface area contributed by atoms with Gasteiger partial charge in [-0.25, -0.2) is 4.98 Å². The van der Waals surface area contributed by atoms with Crippen LogP contribution in [-0.4, -0.2) is 14.8 Å². The molecule has 0 N–H and O–H groups in total. The van der Waals surface area contributed by atoms with Gasteiger partial charge in [0.2, 0.25) is 0 Å². The summed E-state index contributed by atoms with van der Waals surface area (Å²) in [5.74, 6) is 0.299. The van der Waals surface area contributed by atoms with E-state index in [2.05, 4.69) is 4.98 Å². The zero-order valence-corrected chi connectivity index (χ0v) is 11.7. The number of pyridine rings is 1. The lowest BCUT2D eigenvalue weighted by Gasteiger charge is -2.06. The van der Waals surface area contributed by atoms with Gasteiger partial charge in [0.25, 0.3) is 5.24 Å². The first kappa shape index (κ1) is 14.6. The van der Waals surface area contributed by atoms with E-state index in [0.29, 0.717) is 11.2 Å². The lowest BCUT2D eigenvalue weighted by Crippen LogP contribution is -2.08. The number of aromatic nitrogens is 2. The zero-order valence-electron chi connectivity index (χ0n) is 10.9. The van der Waals surface area contributed by atoms with Crippen molar-refractivity contribution in [1.82, 2.24) is 9.55 Å². The predicted octanol–water partition coefficient (Wildman–Crippen LogP) is 4.42. The van der Waals surface area contributed by atoms with Crippen LogP contribution in [0, 0.1) is 0 Å². The molecule has 0 aliphatic rings. The molecule has 0 aliphatic carbocycles. The first-order valence-electron chi connectivity index (χ1n) is 6.21. The van der Waals surface area contributed by atoms with Gasteiger partial charge in [-0.2, -0.15) is 13.2 Å². The molecule has 112 valence electrons. The molecule has 0 unspecified atom stereocenters. The summed E-state index contributed by atoms with van der Waals surface area (Å²) in [5, 5.41) is 0.335. The van der Waals surface area contributed by atoms with Gasteiger partial charge in [0.1, 0.15) is 5.82 Å². The number of carbonyl (C=O) groups excluding carboxylic acids is 1. The molecule has 0 spiro atoms. The number of carbonyl (C=O) groups is 1. The van der Waals surface area contributed by atoms with Crippen molar-refractivity contribution in [3.8, 4) is 5.82 Å². The lowest BCUT2D eigenvalue weighted by molar-refractivity contribution is -0.137. The minimum absolute atomic E-state index is 0.299. The largest absolute Gasteiger partial charge is 0.418 e. The number of hydrogen-bond acceptors (Lipinski definition) is 2. The Hall–Kier alpha value is -2.34. The second-order valence-electron chi connectivity index (χ2n) is 4.62. The van der Waals surface area contributed by atoms with E-state index in [0.717, 1.165) is 17.8 Å². The molecule has 0 atom stereocenters. The molecule has 0 aliphatic heterocycles. The summed E-state index contributed by atoms with van der Waals surface area (Å²) >= 11 is 5.26.